The van der Waals surface area contributed by atoms with E-state index in [2.05, 4.69) is 0 Å². The highest BCUT2D eigenvalue weighted by Crippen LogP contribution is 2.39. The number of hydrogen-bond donors (Lipinski definition) is 0. The van der Waals surface area contributed by atoms with Crippen molar-refractivity contribution in [2.45, 2.75) is 37.9 Å². The van der Waals surface area contributed by atoms with Crippen LogP contribution in [0.1, 0.15) is 36.2 Å². The second-order valence-electron chi connectivity index (χ2n) is 6.66. The van der Waals surface area contributed by atoms with E-state index in [0.717, 1.165) is 25.7 Å². The van der Waals surface area contributed by atoms with Crippen LogP contribution in [0.3, 0.4) is 0 Å². The number of hydrogen-bond acceptors (Lipinski definition) is 4. The molecule has 4 rings (SSSR count). The first kappa shape index (κ1) is 14.8. The Labute approximate surface area is 135 Å². The van der Waals surface area contributed by atoms with Crippen LogP contribution in [-0.4, -0.2) is 60.0 Å². The minimum absolute atomic E-state index is 0.0288. The van der Waals surface area contributed by atoms with Crippen molar-refractivity contribution in [3.63, 3.8) is 0 Å². The van der Waals surface area contributed by atoms with E-state index < -0.39 is 0 Å². The van der Waals surface area contributed by atoms with Crippen LogP contribution >= 0.6 is 0 Å². The molecule has 3 unspecified atom stereocenters. The Morgan fingerprint density at radius 2 is 1.91 bits per heavy atom. The summed E-state index contributed by atoms with van der Waals surface area (Å²) >= 11 is 0. The van der Waals surface area contributed by atoms with Gasteiger partial charge in [-0.1, -0.05) is 0 Å². The summed E-state index contributed by atoms with van der Waals surface area (Å²) < 4.78 is 11.0. The topological polar surface area (TPSA) is 63.0 Å². The lowest BCUT2D eigenvalue weighted by Gasteiger charge is -2.27. The molecule has 2 bridgehead atoms. The first-order chi connectivity index (χ1) is 11.2. The molecule has 0 spiro atoms. The van der Waals surface area contributed by atoms with E-state index in [1.165, 1.54) is 6.26 Å². The molecule has 6 heteroatoms. The van der Waals surface area contributed by atoms with Crippen molar-refractivity contribution >= 4 is 11.8 Å². The second kappa shape index (κ2) is 6.00. The highest BCUT2D eigenvalue weighted by atomic mass is 16.5. The van der Waals surface area contributed by atoms with Crippen LogP contribution < -0.4 is 0 Å². The van der Waals surface area contributed by atoms with E-state index in [4.69, 9.17) is 9.15 Å². The van der Waals surface area contributed by atoms with E-state index in [1.54, 1.807) is 17.0 Å². The van der Waals surface area contributed by atoms with Gasteiger partial charge >= 0.3 is 0 Å². The molecule has 124 valence electrons. The second-order valence-corrected chi connectivity index (χ2v) is 6.66. The number of amides is 2. The van der Waals surface area contributed by atoms with Crippen LogP contribution in [0.25, 0.3) is 0 Å². The minimum atomic E-state index is -0.0902. The molecule has 23 heavy (non-hydrogen) atoms. The molecule has 3 saturated heterocycles. The van der Waals surface area contributed by atoms with Crippen LogP contribution in [-0.2, 0) is 9.53 Å². The largest absolute Gasteiger partial charge is 0.459 e. The maximum atomic E-state index is 12.8. The lowest BCUT2D eigenvalue weighted by molar-refractivity contribution is -0.137. The van der Waals surface area contributed by atoms with Crippen molar-refractivity contribution in [2.24, 2.45) is 5.92 Å². The Balaban J connectivity index is 1.37. The zero-order valence-electron chi connectivity index (χ0n) is 13.1. The molecule has 2 amide bonds. The molecule has 6 nitrogen and oxygen atoms in total. The Morgan fingerprint density at radius 3 is 2.61 bits per heavy atom. The van der Waals surface area contributed by atoms with E-state index >= 15 is 0 Å². The SMILES string of the molecule is O=C(c1ccco1)N1CCCN(C(=O)C2CC3CCC2O3)CC1. The zero-order chi connectivity index (χ0) is 15.8. The van der Waals surface area contributed by atoms with Crippen molar-refractivity contribution in [1.82, 2.24) is 9.80 Å². The van der Waals surface area contributed by atoms with Gasteiger partial charge in [0.25, 0.3) is 5.91 Å². The molecule has 1 aromatic rings. The molecule has 0 aromatic carbocycles. The predicted molar refractivity (Wildman–Crippen MR) is 81.8 cm³/mol. The Kier molecular flexibility index (Phi) is 3.85. The smallest absolute Gasteiger partial charge is 0.289 e. The van der Waals surface area contributed by atoms with Crippen molar-refractivity contribution < 1.29 is 18.7 Å². The average Bonchev–Trinajstić information content (AvgIpc) is 3.28. The molecule has 3 atom stereocenters. The summed E-state index contributed by atoms with van der Waals surface area (Å²) in [4.78, 5) is 28.8. The molecule has 1 aromatic heterocycles. The maximum absolute atomic E-state index is 12.8. The molecule has 0 aliphatic carbocycles. The fraction of sp³-hybridized carbons (Fsp3) is 0.647. The van der Waals surface area contributed by atoms with Crippen molar-refractivity contribution in [1.29, 1.82) is 0 Å². The summed E-state index contributed by atoms with van der Waals surface area (Å²) in [6, 6.07) is 3.40. The third-order valence-electron chi connectivity index (χ3n) is 5.25. The number of fused-ring (bicyclic) bond motifs is 2. The Hall–Kier alpha value is -1.82. The fourth-order valence-corrected chi connectivity index (χ4v) is 4.03. The highest BCUT2D eigenvalue weighted by molar-refractivity contribution is 5.91. The van der Waals surface area contributed by atoms with E-state index in [-0.39, 0.29) is 29.9 Å². The molecule has 3 fully saturated rings. The number of nitrogens with zero attached hydrogens (tertiary/aromatic N) is 2. The van der Waals surface area contributed by atoms with Gasteiger partial charge in [-0.2, -0.15) is 0 Å². The summed E-state index contributed by atoms with van der Waals surface area (Å²) in [7, 11) is 0. The summed E-state index contributed by atoms with van der Waals surface area (Å²) in [5.41, 5.74) is 0. The first-order valence-electron chi connectivity index (χ1n) is 8.49. The van der Waals surface area contributed by atoms with Gasteiger partial charge in [0.1, 0.15) is 0 Å². The van der Waals surface area contributed by atoms with E-state index in [9.17, 15) is 9.59 Å². The standard InChI is InChI=1S/C17H22N2O4/c20-16(13-11-12-4-5-14(13)23-12)18-6-2-7-19(9-8-18)17(21)15-3-1-10-22-15/h1,3,10,12-14H,2,4-9,11H2. The fourth-order valence-electron chi connectivity index (χ4n) is 4.03. The van der Waals surface area contributed by atoms with Crippen molar-refractivity contribution in [3.05, 3.63) is 24.2 Å². The normalized spacial score (nSPS) is 30.5. The quantitative estimate of drug-likeness (QED) is 0.829. The van der Waals surface area contributed by atoms with Gasteiger partial charge in [0.05, 0.1) is 24.4 Å². The number of carbonyl (C=O) groups excluding carboxylic acids is 2. The van der Waals surface area contributed by atoms with Gasteiger partial charge in [-0.25, -0.2) is 0 Å². The minimum Gasteiger partial charge on any atom is -0.459 e. The summed E-state index contributed by atoms with van der Waals surface area (Å²) in [5, 5.41) is 0. The van der Waals surface area contributed by atoms with Crippen molar-refractivity contribution in [3.8, 4) is 0 Å². The summed E-state index contributed by atoms with van der Waals surface area (Å²) in [6.45, 7) is 2.54. The molecule has 0 N–H and O–H groups in total. The third-order valence-corrected chi connectivity index (χ3v) is 5.25. The third kappa shape index (κ3) is 2.76. The van der Waals surface area contributed by atoms with Gasteiger partial charge in [-0.15, -0.1) is 0 Å². The first-order valence-corrected chi connectivity index (χ1v) is 8.49. The molecular formula is C17H22N2O4. The average molecular weight is 318 g/mol. The van der Waals surface area contributed by atoms with Gasteiger partial charge in [-0.05, 0) is 37.8 Å². The molecular weight excluding hydrogens is 296 g/mol. The van der Waals surface area contributed by atoms with Gasteiger partial charge in [0.2, 0.25) is 5.91 Å². The number of carbonyl (C=O) groups is 2. The van der Waals surface area contributed by atoms with E-state index in [0.29, 0.717) is 31.9 Å². The lowest BCUT2D eigenvalue weighted by Crippen LogP contribution is -2.42. The number of rotatable bonds is 2. The molecule has 0 radical (unpaired) electrons. The Bertz CT molecular complexity index is 585. The highest BCUT2D eigenvalue weighted by Gasteiger charge is 2.45. The maximum Gasteiger partial charge on any atom is 0.289 e. The van der Waals surface area contributed by atoms with Gasteiger partial charge < -0.3 is 19.0 Å². The molecule has 3 aliphatic rings. The number of furan rings is 1. The van der Waals surface area contributed by atoms with Crippen LogP contribution in [0.15, 0.2) is 22.8 Å². The lowest BCUT2D eigenvalue weighted by atomic mass is 9.88. The molecule has 3 aliphatic heterocycles. The zero-order valence-corrected chi connectivity index (χ0v) is 13.1. The molecule has 4 heterocycles. The monoisotopic (exact) mass is 318 g/mol. The van der Waals surface area contributed by atoms with Gasteiger partial charge in [-0.3, -0.25) is 9.59 Å². The van der Waals surface area contributed by atoms with Crippen LogP contribution in [0.4, 0.5) is 0 Å². The van der Waals surface area contributed by atoms with Crippen LogP contribution in [0.5, 0.6) is 0 Å². The summed E-state index contributed by atoms with van der Waals surface area (Å²) in [6.07, 6.45) is 5.71. The van der Waals surface area contributed by atoms with E-state index in [1.807, 2.05) is 4.90 Å². The van der Waals surface area contributed by atoms with Crippen LogP contribution in [0, 0.1) is 5.92 Å². The number of ether oxygens (including phenoxy) is 1. The predicted octanol–water partition coefficient (Wildman–Crippen LogP) is 1.52. The van der Waals surface area contributed by atoms with Crippen molar-refractivity contribution in [2.75, 3.05) is 26.2 Å². The summed E-state index contributed by atoms with van der Waals surface area (Å²) in [5.74, 6) is 0.518. The van der Waals surface area contributed by atoms with Gasteiger partial charge in [0, 0.05) is 26.2 Å². The van der Waals surface area contributed by atoms with Crippen LogP contribution in [0.2, 0.25) is 0 Å². The van der Waals surface area contributed by atoms with Gasteiger partial charge in [0.15, 0.2) is 5.76 Å². The molecule has 0 saturated carbocycles. The Morgan fingerprint density at radius 1 is 1.09 bits per heavy atom.